The molecule has 2 heterocycles. The first-order valence-electron chi connectivity index (χ1n) is 14.9. The molecule has 0 unspecified atom stereocenters. The van der Waals surface area contributed by atoms with Gasteiger partial charge in [-0.25, -0.2) is 0 Å². The SMILES string of the molecule is O=C(Cc1ccc(C(=O)c2ccc(CC(=O)c3c[nH]c4c3C(=O)CCC4)cc2)cc1)c1ccc(N2CCC(O)CC2)cc1. The Balaban J connectivity index is 1.05. The first kappa shape index (κ1) is 28.5. The largest absolute Gasteiger partial charge is 0.393 e. The number of rotatable bonds is 9. The Morgan fingerprint density at radius 2 is 1.30 bits per heavy atom. The van der Waals surface area contributed by atoms with E-state index in [-0.39, 0.29) is 42.1 Å². The molecule has 0 atom stereocenters. The number of hydrogen-bond acceptors (Lipinski definition) is 6. The second kappa shape index (κ2) is 12.3. The Bertz CT molecular complexity index is 1660. The highest BCUT2D eigenvalue weighted by molar-refractivity contribution is 6.11. The molecule has 1 aromatic heterocycles. The average molecular weight is 575 g/mol. The Kier molecular flexibility index (Phi) is 8.16. The molecule has 7 nitrogen and oxygen atoms in total. The smallest absolute Gasteiger partial charge is 0.193 e. The fourth-order valence-corrected chi connectivity index (χ4v) is 6.02. The summed E-state index contributed by atoms with van der Waals surface area (Å²) in [5, 5.41) is 9.72. The molecule has 0 amide bonds. The molecule has 6 rings (SSSR count). The minimum absolute atomic E-state index is 0.00865. The zero-order chi connectivity index (χ0) is 29.9. The maximum absolute atomic E-state index is 13.1. The monoisotopic (exact) mass is 574 g/mol. The molecule has 7 heteroatoms. The van der Waals surface area contributed by atoms with Gasteiger partial charge in [-0.3, -0.25) is 19.2 Å². The summed E-state index contributed by atoms with van der Waals surface area (Å²) in [5.41, 5.74) is 6.18. The van der Waals surface area contributed by atoms with Crippen LogP contribution in [0.1, 0.15) is 89.5 Å². The minimum atomic E-state index is -0.225. The van der Waals surface area contributed by atoms with Crippen LogP contribution >= 0.6 is 0 Å². The summed E-state index contributed by atoms with van der Waals surface area (Å²) in [5.74, 6) is -0.223. The molecule has 1 fully saturated rings. The summed E-state index contributed by atoms with van der Waals surface area (Å²) in [4.78, 5) is 56.6. The standard InChI is InChI=1S/C36H34N2O5/c39-29-16-18-38(19-17-29)28-14-12-25(13-15-28)33(41)20-23-4-8-26(9-5-23)36(43)27-10-6-24(7-11-27)21-34(42)30-22-37-31-2-1-3-32(40)35(30)31/h4-15,22,29,37,39H,1-3,16-21H2. The van der Waals surface area contributed by atoms with E-state index in [1.807, 2.05) is 36.4 Å². The fourth-order valence-electron chi connectivity index (χ4n) is 6.02. The highest BCUT2D eigenvalue weighted by Crippen LogP contribution is 2.26. The second-order valence-electron chi connectivity index (χ2n) is 11.5. The number of aliphatic hydroxyl groups excluding tert-OH is 1. The number of nitrogens with one attached hydrogen (secondary N) is 1. The molecule has 0 saturated carbocycles. The van der Waals surface area contributed by atoms with Crippen molar-refractivity contribution in [3.05, 3.63) is 124 Å². The van der Waals surface area contributed by atoms with Crippen molar-refractivity contribution in [1.82, 2.24) is 4.98 Å². The van der Waals surface area contributed by atoms with Crippen LogP contribution in [0.25, 0.3) is 0 Å². The molecular formula is C36H34N2O5. The van der Waals surface area contributed by atoms with Crippen LogP contribution in [0.3, 0.4) is 0 Å². The van der Waals surface area contributed by atoms with Gasteiger partial charge in [0.1, 0.15) is 0 Å². The zero-order valence-corrected chi connectivity index (χ0v) is 24.0. The topological polar surface area (TPSA) is 108 Å². The van der Waals surface area contributed by atoms with E-state index in [1.165, 1.54) is 0 Å². The number of aromatic amines is 1. The zero-order valence-electron chi connectivity index (χ0n) is 24.0. The van der Waals surface area contributed by atoms with Crippen molar-refractivity contribution in [2.75, 3.05) is 18.0 Å². The average Bonchev–Trinajstić information content (AvgIpc) is 3.48. The van der Waals surface area contributed by atoms with Crippen LogP contribution in [-0.4, -0.2) is 52.4 Å². The van der Waals surface area contributed by atoms with Crippen molar-refractivity contribution < 1.29 is 24.3 Å². The van der Waals surface area contributed by atoms with Crippen LogP contribution in [0.15, 0.2) is 79.0 Å². The first-order valence-corrected chi connectivity index (χ1v) is 14.9. The van der Waals surface area contributed by atoms with E-state index in [2.05, 4.69) is 9.88 Å². The van der Waals surface area contributed by atoms with Crippen LogP contribution in [0.2, 0.25) is 0 Å². The van der Waals surface area contributed by atoms with Crippen molar-refractivity contribution >= 4 is 28.8 Å². The van der Waals surface area contributed by atoms with Crippen molar-refractivity contribution in [2.24, 2.45) is 0 Å². The van der Waals surface area contributed by atoms with Gasteiger partial charge in [0.25, 0.3) is 0 Å². The van der Waals surface area contributed by atoms with E-state index in [9.17, 15) is 24.3 Å². The Morgan fingerprint density at radius 3 is 1.91 bits per heavy atom. The van der Waals surface area contributed by atoms with E-state index in [0.29, 0.717) is 34.2 Å². The number of hydrogen-bond donors (Lipinski definition) is 2. The minimum Gasteiger partial charge on any atom is -0.393 e. The number of carbonyl (C=O) groups is 4. The summed E-state index contributed by atoms with van der Waals surface area (Å²) >= 11 is 0. The number of fused-ring (bicyclic) bond motifs is 1. The lowest BCUT2D eigenvalue weighted by molar-refractivity contribution is 0.0948. The van der Waals surface area contributed by atoms with Crippen molar-refractivity contribution in [2.45, 2.75) is 51.0 Å². The molecule has 3 aromatic carbocycles. The summed E-state index contributed by atoms with van der Waals surface area (Å²) in [6.07, 6.45) is 5.38. The highest BCUT2D eigenvalue weighted by Gasteiger charge is 2.26. The highest BCUT2D eigenvalue weighted by atomic mass is 16.3. The normalized spacial score (nSPS) is 15.3. The van der Waals surface area contributed by atoms with Gasteiger partial charge in [-0.2, -0.15) is 0 Å². The third kappa shape index (κ3) is 6.27. The predicted octanol–water partition coefficient (Wildman–Crippen LogP) is 5.58. The quantitative estimate of drug-likeness (QED) is 0.253. The van der Waals surface area contributed by atoms with Crippen LogP contribution < -0.4 is 4.90 Å². The van der Waals surface area contributed by atoms with Gasteiger partial charge >= 0.3 is 0 Å². The number of Topliss-reactive ketones (excluding diaryl/α,β-unsaturated/α-hetero) is 3. The second-order valence-corrected chi connectivity index (χ2v) is 11.5. The van der Waals surface area contributed by atoms with Crippen LogP contribution in [0, 0.1) is 0 Å². The molecule has 0 bridgehead atoms. The maximum atomic E-state index is 13.1. The maximum Gasteiger partial charge on any atom is 0.193 e. The fraction of sp³-hybridized carbons (Fsp3) is 0.278. The number of nitrogens with zero attached hydrogens (tertiary/aromatic N) is 1. The van der Waals surface area contributed by atoms with Gasteiger partial charge in [0.05, 0.1) is 6.10 Å². The number of piperidine rings is 1. The summed E-state index contributed by atoms with van der Waals surface area (Å²) < 4.78 is 0. The Labute approximate surface area is 250 Å². The van der Waals surface area contributed by atoms with Crippen LogP contribution in [-0.2, 0) is 19.3 Å². The number of benzene rings is 3. The number of aryl methyl sites for hydroxylation is 1. The van der Waals surface area contributed by atoms with E-state index in [1.54, 1.807) is 42.6 Å². The molecular weight excluding hydrogens is 540 g/mol. The van der Waals surface area contributed by atoms with Crippen molar-refractivity contribution in [3.63, 3.8) is 0 Å². The third-order valence-electron chi connectivity index (χ3n) is 8.55. The first-order chi connectivity index (χ1) is 20.9. The number of H-pyrrole nitrogens is 1. The Hall–Kier alpha value is -4.62. The van der Waals surface area contributed by atoms with E-state index < -0.39 is 0 Å². The molecule has 0 radical (unpaired) electrons. The predicted molar refractivity (Wildman–Crippen MR) is 164 cm³/mol. The number of anilines is 1. The molecule has 1 aliphatic heterocycles. The van der Waals surface area contributed by atoms with Gasteiger partial charge < -0.3 is 15.0 Å². The molecule has 2 aliphatic rings. The molecule has 43 heavy (non-hydrogen) atoms. The van der Waals surface area contributed by atoms with Crippen LogP contribution in [0.4, 0.5) is 5.69 Å². The number of ketones is 4. The van der Waals surface area contributed by atoms with Gasteiger partial charge in [-0.05, 0) is 61.1 Å². The van der Waals surface area contributed by atoms with E-state index in [0.717, 1.165) is 61.3 Å². The van der Waals surface area contributed by atoms with Gasteiger partial charge in [0, 0.05) is 77.7 Å². The van der Waals surface area contributed by atoms with Gasteiger partial charge in [-0.1, -0.05) is 48.5 Å². The van der Waals surface area contributed by atoms with Gasteiger partial charge in [0.2, 0.25) is 0 Å². The molecule has 1 aliphatic carbocycles. The van der Waals surface area contributed by atoms with E-state index in [4.69, 9.17) is 0 Å². The summed E-state index contributed by atoms with van der Waals surface area (Å²) in [7, 11) is 0. The summed E-state index contributed by atoms with van der Waals surface area (Å²) in [6, 6.07) is 21.7. The number of carbonyl (C=O) groups excluding carboxylic acids is 4. The van der Waals surface area contributed by atoms with Gasteiger partial charge in [0.15, 0.2) is 23.1 Å². The molecule has 4 aromatic rings. The lowest BCUT2D eigenvalue weighted by Crippen LogP contribution is -2.35. The van der Waals surface area contributed by atoms with Gasteiger partial charge in [-0.15, -0.1) is 0 Å². The van der Waals surface area contributed by atoms with Crippen molar-refractivity contribution in [3.8, 4) is 0 Å². The molecule has 218 valence electrons. The Morgan fingerprint density at radius 1 is 0.744 bits per heavy atom. The third-order valence-corrected chi connectivity index (χ3v) is 8.55. The van der Waals surface area contributed by atoms with E-state index >= 15 is 0 Å². The summed E-state index contributed by atoms with van der Waals surface area (Å²) in [6.45, 7) is 1.62. The molecule has 1 saturated heterocycles. The lowest BCUT2D eigenvalue weighted by atomic mass is 9.91. The lowest BCUT2D eigenvalue weighted by Gasteiger charge is -2.31. The van der Waals surface area contributed by atoms with Crippen LogP contribution in [0.5, 0.6) is 0 Å². The molecule has 0 spiro atoms. The van der Waals surface area contributed by atoms with Crippen molar-refractivity contribution in [1.29, 1.82) is 0 Å². The number of aromatic nitrogens is 1. The molecule has 2 N–H and O–H groups in total. The number of aliphatic hydroxyl groups is 1.